The molecule has 0 spiro atoms. The van der Waals surface area contributed by atoms with E-state index in [4.69, 9.17) is 4.52 Å². The molecule has 1 aromatic heterocycles. The van der Waals surface area contributed by atoms with E-state index < -0.39 is 0 Å². The third-order valence-electron chi connectivity index (χ3n) is 2.57. The van der Waals surface area contributed by atoms with Gasteiger partial charge in [0.15, 0.2) is 5.17 Å². The predicted octanol–water partition coefficient (Wildman–Crippen LogP) is 2.20. The zero-order valence-corrected chi connectivity index (χ0v) is 10.7. The van der Waals surface area contributed by atoms with Gasteiger partial charge < -0.3 is 9.84 Å². The van der Waals surface area contributed by atoms with Crippen LogP contribution in [-0.4, -0.2) is 22.1 Å². The molecule has 0 aromatic carbocycles. The average Bonchev–Trinajstić information content (AvgIpc) is 2.83. The van der Waals surface area contributed by atoms with Crippen molar-refractivity contribution in [3.63, 3.8) is 0 Å². The van der Waals surface area contributed by atoms with E-state index in [9.17, 15) is 0 Å². The summed E-state index contributed by atoms with van der Waals surface area (Å²) in [7, 11) is 0. The second kappa shape index (κ2) is 4.91. The lowest BCUT2D eigenvalue weighted by molar-refractivity contribution is 0.391. The molecule has 0 saturated carbocycles. The topological polar surface area (TPSA) is 50.4 Å². The van der Waals surface area contributed by atoms with E-state index in [0.717, 1.165) is 22.4 Å². The molecule has 16 heavy (non-hydrogen) atoms. The molecule has 1 atom stereocenters. The highest BCUT2D eigenvalue weighted by atomic mass is 32.2. The molecule has 0 aliphatic carbocycles. The molecule has 1 fully saturated rings. The first-order valence-corrected chi connectivity index (χ1v) is 6.49. The van der Waals surface area contributed by atoms with Crippen LogP contribution in [0.25, 0.3) is 0 Å². The Morgan fingerprint density at radius 3 is 3.06 bits per heavy atom. The zero-order chi connectivity index (χ0) is 11.5. The van der Waals surface area contributed by atoms with Gasteiger partial charge in [0, 0.05) is 17.9 Å². The van der Waals surface area contributed by atoms with Crippen molar-refractivity contribution in [3.05, 3.63) is 17.5 Å². The highest BCUT2D eigenvalue weighted by molar-refractivity contribution is 8.14. The molecule has 5 heteroatoms. The molecule has 1 aliphatic heterocycles. The molecule has 1 N–H and O–H groups in total. The van der Waals surface area contributed by atoms with Gasteiger partial charge in [-0.15, -0.1) is 0 Å². The third-order valence-corrected chi connectivity index (χ3v) is 3.62. The van der Waals surface area contributed by atoms with Crippen LogP contribution < -0.4 is 5.32 Å². The Labute approximate surface area is 99.9 Å². The summed E-state index contributed by atoms with van der Waals surface area (Å²) in [5, 5.41) is 8.36. The summed E-state index contributed by atoms with van der Waals surface area (Å²) in [5.41, 5.74) is 0.889. The lowest BCUT2D eigenvalue weighted by atomic mass is 10.1. The monoisotopic (exact) mass is 239 g/mol. The lowest BCUT2D eigenvalue weighted by Gasteiger charge is -2.12. The number of hydrogen-bond acceptors (Lipinski definition) is 4. The fourth-order valence-corrected chi connectivity index (χ4v) is 2.70. The number of amidine groups is 1. The minimum absolute atomic E-state index is 0.544. The number of nitrogens with one attached hydrogen (secondary N) is 1. The molecule has 1 aromatic rings. The van der Waals surface area contributed by atoms with Crippen LogP contribution in [0.2, 0.25) is 0 Å². The van der Waals surface area contributed by atoms with Crippen molar-refractivity contribution < 1.29 is 4.52 Å². The maximum Gasteiger partial charge on any atom is 0.157 e. The first kappa shape index (κ1) is 11.5. The maximum absolute atomic E-state index is 4.99. The normalized spacial score (nSPS) is 23.0. The minimum Gasteiger partial charge on any atom is -0.361 e. The predicted molar refractivity (Wildman–Crippen MR) is 66.6 cm³/mol. The molecule has 2 rings (SSSR count). The molecule has 2 heterocycles. The Hall–Kier alpha value is -0.970. The Balaban J connectivity index is 1.90. The maximum atomic E-state index is 4.99. The van der Waals surface area contributed by atoms with Gasteiger partial charge in [0.2, 0.25) is 0 Å². The van der Waals surface area contributed by atoms with Gasteiger partial charge in [0.05, 0.1) is 6.54 Å². The fraction of sp³-hybridized carbons (Fsp3) is 0.636. The van der Waals surface area contributed by atoms with Gasteiger partial charge in [0.25, 0.3) is 0 Å². The molecule has 1 saturated heterocycles. The van der Waals surface area contributed by atoms with Gasteiger partial charge in [-0.25, -0.2) is 0 Å². The Kier molecular flexibility index (Phi) is 3.53. The van der Waals surface area contributed by atoms with E-state index >= 15 is 0 Å². The van der Waals surface area contributed by atoms with Gasteiger partial charge >= 0.3 is 0 Å². The molecule has 0 radical (unpaired) electrons. The molecular weight excluding hydrogens is 222 g/mol. The Morgan fingerprint density at radius 1 is 1.69 bits per heavy atom. The number of rotatable bonds is 3. The molecule has 1 aliphatic rings. The van der Waals surface area contributed by atoms with Crippen LogP contribution >= 0.6 is 11.8 Å². The first-order chi connectivity index (χ1) is 7.65. The van der Waals surface area contributed by atoms with E-state index in [2.05, 4.69) is 29.3 Å². The van der Waals surface area contributed by atoms with Gasteiger partial charge in [-0.3, -0.25) is 4.99 Å². The summed E-state index contributed by atoms with van der Waals surface area (Å²) in [6, 6.07) is 2.46. The van der Waals surface area contributed by atoms with Crippen molar-refractivity contribution in [1.82, 2.24) is 10.5 Å². The van der Waals surface area contributed by atoms with Gasteiger partial charge in [0.1, 0.15) is 11.5 Å². The fourth-order valence-electron chi connectivity index (χ4n) is 1.51. The summed E-state index contributed by atoms with van der Waals surface area (Å²) in [4.78, 5) is 4.49. The number of thioether (sulfide) groups is 1. The second-order valence-electron chi connectivity index (χ2n) is 4.36. The van der Waals surface area contributed by atoms with E-state index in [1.165, 1.54) is 0 Å². The van der Waals surface area contributed by atoms with Crippen LogP contribution in [0.3, 0.4) is 0 Å². The number of aliphatic imine (C=N–C) groups is 1. The summed E-state index contributed by atoms with van der Waals surface area (Å²) in [5.74, 6) is 2.59. The number of aryl methyl sites for hydroxylation is 1. The molecule has 88 valence electrons. The van der Waals surface area contributed by atoms with E-state index in [-0.39, 0.29) is 0 Å². The minimum atomic E-state index is 0.544. The highest BCUT2D eigenvalue weighted by Gasteiger charge is 2.22. The highest BCUT2D eigenvalue weighted by Crippen LogP contribution is 2.19. The van der Waals surface area contributed by atoms with Crippen molar-refractivity contribution in [2.45, 2.75) is 33.4 Å². The van der Waals surface area contributed by atoms with Crippen LogP contribution in [0.5, 0.6) is 0 Å². The number of aromatic nitrogens is 1. The average molecular weight is 239 g/mol. The Bertz CT molecular complexity index is 386. The van der Waals surface area contributed by atoms with Crippen molar-refractivity contribution in [2.24, 2.45) is 10.9 Å². The van der Waals surface area contributed by atoms with Crippen LogP contribution in [0.15, 0.2) is 15.6 Å². The summed E-state index contributed by atoms with van der Waals surface area (Å²) < 4.78 is 4.99. The van der Waals surface area contributed by atoms with Gasteiger partial charge in [-0.2, -0.15) is 0 Å². The summed E-state index contributed by atoms with van der Waals surface area (Å²) >= 11 is 1.79. The van der Waals surface area contributed by atoms with Crippen molar-refractivity contribution in [3.8, 4) is 0 Å². The van der Waals surface area contributed by atoms with Crippen LogP contribution in [0, 0.1) is 12.8 Å². The van der Waals surface area contributed by atoms with E-state index in [0.29, 0.717) is 18.5 Å². The third kappa shape index (κ3) is 2.78. The summed E-state index contributed by atoms with van der Waals surface area (Å²) in [6.07, 6.45) is 0. The Morgan fingerprint density at radius 2 is 2.50 bits per heavy atom. The molecule has 0 bridgehead atoms. The standard InChI is InChI=1S/C11H17N3OS/c1-7(2)10-6-16-11(13-10)12-5-9-4-8(3)15-14-9/h4,7,10H,5-6H2,1-3H3,(H,12,13). The molecular formula is C11H17N3OS. The molecule has 4 nitrogen and oxygen atoms in total. The first-order valence-electron chi connectivity index (χ1n) is 5.51. The number of nitrogens with zero attached hydrogens (tertiary/aromatic N) is 2. The zero-order valence-electron chi connectivity index (χ0n) is 9.86. The van der Waals surface area contributed by atoms with Crippen molar-refractivity contribution in [2.75, 3.05) is 5.75 Å². The SMILES string of the molecule is Cc1cc(CN=C2NC(C(C)C)CS2)no1. The van der Waals surface area contributed by atoms with E-state index in [1.807, 2.05) is 13.0 Å². The van der Waals surface area contributed by atoms with Crippen molar-refractivity contribution in [1.29, 1.82) is 0 Å². The lowest BCUT2D eigenvalue weighted by Crippen LogP contribution is -2.31. The number of hydrogen-bond donors (Lipinski definition) is 1. The van der Waals surface area contributed by atoms with Crippen molar-refractivity contribution >= 4 is 16.9 Å². The van der Waals surface area contributed by atoms with Crippen LogP contribution in [0.1, 0.15) is 25.3 Å². The smallest absolute Gasteiger partial charge is 0.157 e. The van der Waals surface area contributed by atoms with Crippen LogP contribution in [-0.2, 0) is 6.54 Å². The van der Waals surface area contributed by atoms with Gasteiger partial charge in [-0.05, 0) is 12.8 Å². The van der Waals surface area contributed by atoms with Crippen LogP contribution in [0.4, 0.5) is 0 Å². The molecule has 0 amide bonds. The summed E-state index contributed by atoms with van der Waals surface area (Å²) in [6.45, 7) is 6.93. The molecule has 1 unspecified atom stereocenters. The van der Waals surface area contributed by atoms with Gasteiger partial charge in [-0.1, -0.05) is 30.8 Å². The second-order valence-corrected chi connectivity index (χ2v) is 5.36. The van der Waals surface area contributed by atoms with E-state index in [1.54, 1.807) is 11.8 Å². The largest absolute Gasteiger partial charge is 0.361 e. The quantitative estimate of drug-likeness (QED) is 0.878.